The Hall–Kier alpha value is -2.01. The van der Waals surface area contributed by atoms with Crippen LogP contribution in [0.25, 0.3) is 0 Å². The van der Waals surface area contributed by atoms with Crippen molar-refractivity contribution in [2.75, 3.05) is 20.3 Å². The standard InChI is InChI=1S/C17H23N3O2/c1-4-20-8-7-15(18-20)12-19(3)13(2)14-5-6-16-17(11-14)22-10-9-21-16/h5-8,11,13H,4,9-10,12H2,1-3H3/t13-/m0/s1. The van der Waals surface area contributed by atoms with Crippen molar-refractivity contribution in [2.24, 2.45) is 0 Å². The molecule has 118 valence electrons. The molecule has 2 heterocycles. The number of aromatic nitrogens is 2. The molecule has 1 atom stereocenters. The van der Waals surface area contributed by atoms with Gasteiger partial charge in [-0.2, -0.15) is 5.10 Å². The first kappa shape index (κ1) is 14.9. The second-order valence-corrected chi connectivity index (χ2v) is 5.66. The molecule has 5 nitrogen and oxygen atoms in total. The van der Waals surface area contributed by atoms with E-state index in [0.29, 0.717) is 13.2 Å². The fraction of sp³-hybridized carbons (Fsp3) is 0.471. The summed E-state index contributed by atoms with van der Waals surface area (Å²) in [4.78, 5) is 2.29. The summed E-state index contributed by atoms with van der Waals surface area (Å²) in [6.07, 6.45) is 2.03. The molecule has 0 fully saturated rings. The maximum Gasteiger partial charge on any atom is 0.161 e. The highest BCUT2D eigenvalue weighted by Crippen LogP contribution is 2.33. The SMILES string of the molecule is CCn1ccc(CN(C)[C@@H](C)c2ccc3c(c2)OCCO3)n1. The lowest BCUT2D eigenvalue weighted by atomic mass is 10.1. The van der Waals surface area contributed by atoms with Crippen LogP contribution >= 0.6 is 0 Å². The molecule has 1 aliphatic heterocycles. The van der Waals surface area contributed by atoms with Gasteiger partial charge in [-0.1, -0.05) is 6.07 Å². The van der Waals surface area contributed by atoms with Gasteiger partial charge in [-0.25, -0.2) is 0 Å². The average molecular weight is 301 g/mol. The van der Waals surface area contributed by atoms with E-state index in [1.165, 1.54) is 5.56 Å². The predicted octanol–water partition coefficient (Wildman–Crippen LogP) is 2.87. The second kappa shape index (κ2) is 6.40. The van der Waals surface area contributed by atoms with Gasteiger partial charge in [0.15, 0.2) is 11.5 Å². The zero-order chi connectivity index (χ0) is 15.5. The highest BCUT2D eigenvalue weighted by Gasteiger charge is 2.17. The minimum Gasteiger partial charge on any atom is -0.486 e. The van der Waals surface area contributed by atoms with Crippen LogP contribution in [0.15, 0.2) is 30.5 Å². The molecule has 0 saturated heterocycles. The topological polar surface area (TPSA) is 39.5 Å². The molecule has 2 aromatic rings. The Labute approximate surface area is 131 Å². The number of rotatable bonds is 5. The van der Waals surface area contributed by atoms with Crippen molar-refractivity contribution in [2.45, 2.75) is 33.0 Å². The van der Waals surface area contributed by atoms with Crippen LogP contribution in [0.3, 0.4) is 0 Å². The van der Waals surface area contributed by atoms with Crippen molar-refractivity contribution in [3.8, 4) is 11.5 Å². The van der Waals surface area contributed by atoms with Crippen LogP contribution in [0.4, 0.5) is 0 Å². The number of fused-ring (bicyclic) bond motifs is 1. The van der Waals surface area contributed by atoms with Crippen molar-refractivity contribution in [1.82, 2.24) is 14.7 Å². The molecular weight excluding hydrogens is 278 g/mol. The normalized spacial score (nSPS) is 15.1. The van der Waals surface area contributed by atoms with Crippen LogP contribution in [-0.4, -0.2) is 34.9 Å². The summed E-state index contributed by atoms with van der Waals surface area (Å²) in [5.74, 6) is 1.69. The van der Waals surface area contributed by atoms with E-state index in [1.54, 1.807) is 0 Å². The fourth-order valence-corrected chi connectivity index (χ4v) is 2.63. The molecule has 0 unspecified atom stereocenters. The van der Waals surface area contributed by atoms with Crippen molar-refractivity contribution in [3.05, 3.63) is 41.7 Å². The molecule has 0 radical (unpaired) electrons. The molecule has 1 aromatic heterocycles. The minimum atomic E-state index is 0.280. The molecule has 0 saturated carbocycles. The van der Waals surface area contributed by atoms with Gasteiger partial charge in [0.25, 0.3) is 0 Å². The van der Waals surface area contributed by atoms with E-state index in [-0.39, 0.29) is 6.04 Å². The second-order valence-electron chi connectivity index (χ2n) is 5.66. The van der Waals surface area contributed by atoms with Crippen LogP contribution in [-0.2, 0) is 13.1 Å². The summed E-state index contributed by atoms with van der Waals surface area (Å²) in [5.41, 5.74) is 2.32. The molecule has 22 heavy (non-hydrogen) atoms. The smallest absolute Gasteiger partial charge is 0.161 e. The quantitative estimate of drug-likeness (QED) is 0.851. The Bertz CT molecular complexity index is 639. The van der Waals surface area contributed by atoms with Gasteiger partial charge in [-0.05, 0) is 44.7 Å². The van der Waals surface area contributed by atoms with Crippen LogP contribution in [0.1, 0.15) is 31.1 Å². The number of aryl methyl sites for hydroxylation is 1. The number of hydrogen-bond acceptors (Lipinski definition) is 4. The number of benzene rings is 1. The Balaban J connectivity index is 1.70. The van der Waals surface area contributed by atoms with E-state index >= 15 is 0 Å². The lowest BCUT2D eigenvalue weighted by Crippen LogP contribution is -2.23. The molecule has 0 spiro atoms. The van der Waals surface area contributed by atoms with E-state index in [9.17, 15) is 0 Å². The summed E-state index contributed by atoms with van der Waals surface area (Å²) in [6.45, 7) is 7.27. The zero-order valence-electron chi connectivity index (χ0n) is 13.5. The van der Waals surface area contributed by atoms with Gasteiger partial charge < -0.3 is 9.47 Å². The van der Waals surface area contributed by atoms with Gasteiger partial charge in [0.2, 0.25) is 0 Å². The highest BCUT2D eigenvalue weighted by molar-refractivity contribution is 5.44. The summed E-state index contributed by atoms with van der Waals surface area (Å²) in [6, 6.07) is 8.55. The van der Waals surface area contributed by atoms with Gasteiger partial charge in [0.1, 0.15) is 13.2 Å². The van der Waals surface area contributed by atoms with Gasteiger partial charge in [0.05, 0.1) is 5.69 Å². The Morgan fingerprint density at radius 1 is 1.23 bits per heavy atom. The van der Waals surface area contributed by atoms with Crippen molar-refractivity contribution in [1.29, 1.82) is 0 Å². The first-order valence-electron chi connectivity index (χ1n) is 7.79. The molecule has 0 N–H and O–H groups in total. The lowest BCUT2D eigenvalue weighted by Gasteiger charge is -2.26. The molecule has 0 bridgehead atoms. The van der Waals surface area contributed by atoms with Crippen LogP contribution in [0, 0.1) is 0 Å². The zero-order valence-corrected chi connectivity index (χ0v) is 13.5. The Morgan fingerprint density at radius 3 is 2.73 bits per heavy atom. The highest BCUT2D eigenvalue weighted by atomic mass is 16.6. The summed E-state index contributed by atoms with van der Waals surface area (Å²) >= 11 is 0. The molecule has 5 heteroatoms. The third-order valence-corrected chi connectivity index (χ3v) is 4.14. The Morgan fingerprint density at radius 2 is 2.00 bits per heavy atom. The molecule has 0 amide bonds. The summed E-state index contributed by atoms with van der Waals surface area (Å²) in [7, 11) is 2.12. The number of ether oxygens (including phenoxy) is 2. The van der Waals surface area contributed by atoms with Crippen LogP contribution in [0.5, 0.6) is 11.5 Å². The lowest BCUT2D eigenvalue weighted by molar-refractivity contribution is 0.170. The van der Waals surface area contributed by atoms with Gasteiger partial charge >= 0.3 is 0 Å². The predicted molar refractivity (Wildman–Crippen MR) is 85.2 cm³/mol. The Kier molecular flexibility index (Phi) is 4.34. The molecule has 1 aromatic carbocycles. The van der Waals surface area contributed by atoms with E-state index in [2.05, 4.69) is 49.1 Å². The number of hydrogen-bond donors (Lipinski definition) is 0. The first-order chi connectivity index (χ1) is 10.7. The van der Waals surface area contributed by atoms with E-state index in [0.717, 1.165) is 30.3 Å². The van der Waals surface area contributed by atoms with Gasteiger partial charge in [-0.3, -0.25) is 9.58 Å². The first-order valence-corrected chi connectivity index (χ1v) is 7.79. The molecule has 1 aliphatic rings. The molecule has 3 rings (SSSR count). The van der Waals surface area contributed by atoms with Crippen LogP contribution < -0.4 is 9.47 Å². The third kappa shape index (κ3) is 3.09. The van der Waals surface area contributed by atoms with E-state index < -0.39 is 0 Å². The van der Waals surface area contributed by atoms with Crippen molar-refractivity contribution >= 4 is 0 Å². The van der Waals surface area contributed by atoms with Crippen LogP contribution in [0.2, 0.25) is 0 Å². The summed E-state index contributed by atoms with van der Waals surface area (Å²) in [5, 5.41) is 4.55. The summed E-state index contributed by atoms with van der Waals surface area (Å²) < 4.78 is 13.2. The fourth-order valence-electron chi connectivity index (χ4n) is 2.63. The monoisotopic (exact) mass is 301 g/mol. The average Bonchev–Trinajstić information content (AvgIpc) is 3.01. The molecular formula is C17H23N3O2. The maximum absolute atomic E-state index is 5.67. The van der Waals surface area contributed by atoms with Crippen molar-refractivity contribution < 1.29 is 9.47 Å². The van der Waals surface area contributed by atoms with Gasteiger partial charge in [0, 0.05) is 25.3 Å². The van der Waals surface area contributed by atoms with Crippen molar-refractivity contribution in [3.63, 3.8) is 0 Å². The number of nitrogens with zero attached hydrogens (tertiary/aromatic N) is 3. The minimum absolute atomic E-state index is 0.280. The largest absolute Gasteiger partial charge is 0.486 e. The maximum atomic E-state index is 5.67. The van der Waals surface area contributed by atoms with E-state index in [4.69, 9.17) is 9.47 Å². The molecule has 0 aliphatic carbocycles. The van der Waals surface area contributed by atoms with Gasteiger partial charge in [-0.15, -0.1) is 0 Å². The van der Waals surface area contributed by atoms with E-state index in [1.807, 2.05) is 16.9 Å². The third-order valence-electron chi connectivity index (χ3n) is 4.14.